The fraction of sp³-hybridized carbons (Fsp3) is 0.895. The van der Waals surface area contributed by atoms with Crippen LogP contribution in [0.1, 0.15) is 57.8 Å². The molecular weight excluding hydrogens is 302 g/mol. The Morgan fingerprint density at radius 2 is 1.50 bits per heavy atom. The van der Waals surface area contributed by atoms with Gasteiger partial charge in [-0.05, 0) is 87.6 Å². The van der Waals surface area contributed by atoms with Crippen LogP contribution in [0.4, 0.5) is 0 Å². The molecule has 0 atom stereocenters. The van der Waals surface area contributed by atoms with Gasteiger partial charge in [0.1, 0.15) is 0 Å². The van der Waals surface area contributed by atoms with Crippen molar-refractivity contribution in [3.63, 3.8) is 0 Å². The van der Waals surface area contributed by atoms with Gasteiger partial charge in [0, 0.05) is 12.5 Å². The van der Waals surface area contributed by atoms with E-state index in [2.05, 4.69) is 16.0 Å². The van der Waals surface area contributed by atoms with Gasteiger partial charge in [0.15, 0.2) is 0 Å². The Kier molecular flexibility index (Phi) is 4.54. The lowest BCUT2D eigenvalue weighted by molar-refractivity contribution is -0.132. The maximum Gasteiger partial charge on any atom is 0.239 e. The molecule has 134 valence electrons. The predicted octanol–water partition coefficient (Wildman–Crippen LogP) is 1.58. The lowest BCUT2D eigenvalue weighted by Crippen LogP contribution is -2.49. The van der Waals surface area contributed by atoms with Gasteiger partial charge in [0.25, 0.3) is 0 Å². The van der Waals surface area contributed by atoms with Crippen LogP contribution in [-0.4, -0.2) is 37.5 Å². The molecule has 2 amide bonds. The van der Waals surface area contributed by atoms with E-state index in [1.54, 1.807) is 0 Å². The molecule has 5 aliphatic rings. The summed E-state index contributed by atoms with van der Waals surface area (Å²) in [5.41, 5.74) is 0.254. The summed E-state index contributed by atoms with van der Waals surface area (Å²) in [6, 6.07) is 0.263. The molecule has 0 unspecified atom stereocenters. The van der Waals surface area contributed by atoms with Crippen LogP contribution in [0.3, 0.4) is 0 Å². The number of carbonyl (C=O) groups is 2. The zero-order valence-electron chi connectivity index (χ0n) is 14.6. The van der Waals surface area contributed by atoms with Crippen LogP contribution in [0, 0.1) is 23.2 Å². The van der Waals surface area contributed by atoms with E-state index in [9.17, 15) is 9.59 Å². The summed E-state index contributed by atoms with van der Waals surface area (Å²) in [4.78, 5) is 24.5. The molecule has 3 N–H and O–H groups in total. The molecule has 1 heterocycles. The minimum Gasteiger partial charge on any atom is -0.352 e. The minimum absolute atomic E-state index is 0.0410. The molecule has 5 nitrogen and oxygen atoms in total. The second-order valence-electron chi connectivity index (χ2n) is 8.96. The maximum atomic E-state index is 12.4. The first kappa shape index (κ1) is 16.4. The Bertz CT molecular complexity index is 464. The normalized spacial score (nSPS) is 38.1. The number of rotatable bonds is 5. The highest BCUT2D eigenvalue weighted by molar-refractivity contribution is 5.85. The molecule has 0 aromatic carbocycles. The van der Waals surface area contributed by atoms with E-state index in [1.807, 2.05) is 0 Å². The second-order valence-corrected chi connectivity index (χ2v) is 8.96. The van der Waals surface area contributed by atoms with Crippen LogP contribution in [0.5, 0.6) is 0 Å². The fourth-order valence-electron chi connectivity index (χ4n) is 6.33. The first-order valence-electron chi connectivity index (χ1n) is 9.87. The molecule has 4 bridgehead atoms. The molecule has 5 rings (SSSR count). The topological polar surface area (TPSA) is 70.2 Å². The van der Waals surface area contributed by atoms with Crippen LogP contribution in [0.15, 0.2) is 0 Å². The van der Waals surface area contributed by atoms with E-state index >= 15 is 0 Å². The van der Waals surface area contributed by atoms with Gasteiger partial charge in [-0.1, -0.05) is 0 Å². The van der Waals surface area contributed by atoms with Gasteiger partial charge >= 0.3 is 0 Å². The summed E-state index contributed by atoms with van der Waals surface area (Å²) in [5, 5.41) is 9.21. The highest BCUT2D eigenvalue weighted by Crippen LogP contribution is 2.61. The van der Waals surface area contributed by atoms with Gasteiger partial charge in [0.05, 0.1) is 6.54 Å². The second kappa shape index (κ2) is 6.66. The quantitative estimate of drug-likeness (QED) is 0.715. The molecule has 1 aliphatic heterocycles. The Morgan fingerprint density at radius 3 is 2.08 bits per heavy atom. The molecule has 1 saturated heterocycles. The number of hydrogen-bond donors (Lipinski definition) is 3. The van der Waals surface area contributed by atoms with Crippen molar-refractivity contribution < 1.29 is 9.59 Å². The highest BCUT2D eigenvalue weighted by Gasteiger charge is 2.51. The SMILES string of the molecule is O=C(CC12CC3CC(CC(C3)C1)C2)NCC(=O)NC1CCNCC1. The van der Waals surface area contributed by atoms with Crippen LogP contribution < -0.4 is 16.0 Å². The van der Waals surface area contributed by atoms with Gasteiger partial charge in [-0.2, -0.15) is 0 Å². The van der Waals surface area contributed by atoms with Crippen LogP contribution >= 0.6 is 0 Å². The lowest BCUT2D eigenvalue weighted by Gasteiger charge is -2.56. The van der Waals surface area contributed by atoms with Gasteiger partial charge in [-0.3, -0.25) is 9.59 Å². The summed E-state index contributed by atoms with van der Waals surface area (Å²) >= 11 is 0. The van der Waals surface area contributed by atoms with E-state index in [-0.39, 0.29) is 29.8 Å². The molecule has 0 spiro atoms. The first-order chi connectivity index (χ1) is 11.6. The van der Waals surface area contributed by atoms with Crippen molar-refractivity contribution >= 4 is 11.8 Å². The molecule has 0 aromatic rings. The third-order valence-corrected chi connectivity index (χ3v) is 6.85. The van der Waals surface area contributed by atoms with Crippen molar-refractivity contribution in [1.82, 2.24) is 16.0 Å². The molecule has 5 heteroatoms. The number of amides is 2. The minimum atomic E-state index is -0.0410. The zero-order valence-corrected chi connectivity index (χ0v) is 14.6. The standard InChI is InChI=1S/C19H31N3O2/c23-17(21-12-18(24)22-16-1-3-20-4-2-16)11-19-8-13-5-14(9-19)7-15(6-13)10-19/h13-16,20H,1-12H2,(H,21,23)(H,22,24). The average Bonchev–Trinajstić information content (AvgIpc) is 2.52. The van der Waals surface area contributed by atoms with Crippen molar-refractivity contribution in [1.29, 1.82) is 0 Å². The van der Waals surface area contributed by atoms with Crippen molar-refractivity contribution in [2.24, 2.45) is 23.2 Å². The van der Waals surface area contributed by atoms with E-state index in [0.717, 1.165) is 43.7 Å². The van der Waals surface area contributed by atoms with Crippen molar-refractivity contribution in [3.05, 3.63) is 0 Å². The summed E-state index contributed by atoms with van der Waals surface area (Å²) in [6.45, 7) is 2.06. The number of carbonyl (C=O) groups excluding carboxylic acids is 2. The molecule has 24 heavy (non-hydrogen) atoms. The highest BCUT2D eigenvalue weighted by atomic mass is 16.2. The van der Waals surface area contributed by atoms with Crippen molar-refractivity contribution in [2.45, 2.75) is 63.8 Å². The number of hydrogen-bond acceptors (Lipinski definition) is 3. The molecule has 4 saturated carbocycles. The van der Waals surface area contributed by atoms with Crippen LogP contribution in [0.25, 0.3) is 0 Å². The van der Waals surface area contributed by atoms with Gasteiger partial charge in [0.2, 0.25) is 11.8 Å². The lowest BCUT2D eigenvalue weighted by atomic mass is 9.49. The summed E-state index contributed by atoms with van der Waals surface area (Å²) in [7, 11) is 0. The van der Waals surface area contributed by atoms with Crippen molar-refractivity contribution in [2.75, 3.05) is 19.6 Å². The summed E-state index contributed by atoms with van der Waals surface area (Å²) < 4.78 is 0. The van der Waals surface area contributed by atoms with Crippen LogP contribution in [-0.2, 0) is 9.59 Å². The molecule has 0 aromatic heterocycles. The molecule has 5 fully saturated rings. The fourth-order valence-corrected chi connectivity index (χ4v) is 6.33. The van der Waals surface area contributed by atoms with E-state index in [4.69, 9.17) is 0 Å². The molecular formula is C19H31N3O2. The Hall–Kier alpha value is -1.10. The zero-order chi connectivity index (χ0) is 16.6. The Morgan fingerprint density at radius 1 is 0.917 bits per heavy atom. The van der Waals surface area contributed by atoms with E-state index in [1.165, 1.54) is 38.5 Å². The Balaban J connectivity index is 1.23. The van der Waals surface area contributed by atoms with Gasteiger partial charge in [-0.15, -0.1) is 0 Å². The average molecular weight is 333 g/mol. The molecule has 4 aliphatic carbocycles. The van der Waals surface area contributed by atoms with E-state index < -0.39 is 0 Å². The third kappa shape index (κ3) is 3.61. The van der Waals surface area contributed by atoms with Crippen molar-refractivity contribution in [3.8, 4) is 0 Å². The monoisotopic (exact) mass is 333 g/mol. The maximum absolute atomic E-state index is 12.4. The van der Waals surface area contributed by atoms with Crippen LogP contribution in [0.2, 0.25) is 0 Å². The molecule has 0 radical (unpaired) electrons. The van der Waals surface area contributed by atoms with E-state index in [0.29, 0.717) is 6.42 Å². The van der Waals surface area contributed by atoms with Gasteiger partial charge < -0.3 is 16.0 Å². The predicted molar refractivity (Wildman–Crippen MR) is 92.3 cm³/mol. The number of piperidine rings is 1. The Labute approximate surface area is 144 Å². The summed E-state index contributed by atoms with van der Waals surface area (Å²) in [6.07, 6.45) is 10.5. The largest absolute Gasteiger partial charge is 0.352 e. The third-order valence-electron chi connectivity index (χ3n) is 6.85. The first-order valence-corrected chi connectivity index (χ1v) is 9.87. The number of nitrogens with one attached hydrogen (secondary N) is 3. The smallest absolute Gasteiger partial charge is 0.239 e. The van der Waals surface area contributed by atoms with Gasteiger partial charge in [-0.25, -0.2) is 0 Å². The summed E-state index contributed by atoms with van der Waals surface area (Å²) in [5.74, 6) is 2.64.